The number of hydrogen-bond donors (Lipinski definition) is 1. The van der Waals surface area contributed by atoms with E-state index in [1.165, 1.54) is 43.5 Å². The average molecular weight is 355 g/mol. The topological polar surface area (TPSA) is 32.3 Å². The molecule has 1 saturated heterocycles. The third-order valence-corrected chi connectivity index (χ3v) is 6.26. The molecule has 1 heterocycles. The average Bonchev–Trinajstić information content (AvgIpc) is 3.07. The minimum atomic E-state index is -0.912. The van der Waals surface area contributed by atoms with Crippen LogP contribution >= 0.6 is 23.2 Å². The van der Waals surface area contributed by atoms with Gasteiger partial charge in [-0.25, -0.2) is 0 Å². The molecular weight excluding hydrogens is 331 g/mol. The zero-order chi connectivity index (χ0) is 16.5. The molecule has 0 aromatic heterocycles. The summed E-state index contributed by atoms with van der Waals surface area (Å²) in [5.74, 6) is -0.0599. The summed E-state index contributed by atoms with van der Waals surface area (Å²) < 4.78 is -0.912. The van der Waals surface area contributed by atoms with Gasteiger partial charge < -0.3 is 5.32 Å². The van der Waals surface area contributed by atoms with Crippen LogP contribution in [0.15, 0.2) is 24.3 Å². The molecule has 1 unspecified atom stereocenters. The fourth-order valence-corrected chi connectivity index (χ4v) is 3.97. The summed E-state index contributed by atoms with van der Waals surface area (Å²) in [5.41, 5.74) is 1.81. The normalized spacial score (nSPS) is 26.7. The number of piperidine rings is 1. The van der Waals surface area contributed by atoms with Gasteiger partial charge in [-0.2, -0.15) is 0 Å². The summed E-state index contributed by atoms with van der Waals surface area (Å²) in [4.78, 5) is 14.8. The number of hydrogen-bond acceptors (Lipinski definition) is 2. The van der Waals surface area contributed by atoms with Crippen LogP contribution in [0.2, 0.25) is 0 Å². The van der Waals surface area contributed by atoms with Crippen molar-refractivity contribution in [1.29, 1.82) is 0 Å². The predicted octanol–water partition coefficient (Wildman–Crippen LogP) is 3.87. The Morgan fingerprint density at radius 2 is 1.78 bits per heavy atom. The lowest BCUT2D eigenvalue weighted by Gasteiger charge is -2.27. The second kappa shape index (κ2) is 6.62. The molecule has 1 aromatic rings. The Hall–Kier alpha value is -0.770. The maximum absolute atomic E-state index is 12.3. The van der Waals surface area contributed by atoms with Crippen molar-refractivity contribution >= 4 is 29.1 Å². The number of carbonyl (C=O) groups excluding carboxylic acids is 1. The number of nitrogens with zero attached hydrogens (tertiary/aromatic N) is 1. The van der Waals surface area contributed by atoms with Gasteiger partial charge in [0, 0.05) is 13.1 Å². The van der Waals surface area contributed by atoms with Crippen LogP contribution < -0.4 is 5.32 Å². The van der Waals surface area contributed by atoms with Gasteiger partial charge in [0.2, 0.25) is 5.91 Å². The number of rotatable bonds is 5. The molecule has 0 radical (unpaired) electrons. The van der Waals surface area contributed by atoms with Gasteiger partial charge in [0.15, 0.2) is 0 Å². The number of halogens is 2. The molecule has 1 amide bonds. The minimum absolute atomic E-state index is 0.0599. The zero-order valence-electron chi connectivity index (χ0n) is 13.6. The monoisotopic (exact) mass is 354 g/mol. The largest absolute Gasteiger partial charge is 0.351 e. The lowest BCUT2D eigenvalue weighted by molar-refractivity contribution is -0.125. The predicted molar refractivity (Wildman–Crippen MR) is 94.6 cm³/mol. The summed E-state index contributed by atoms with van der Waals surface area (Å²) in [7, 11) is 0. The molecule has 0 bridgehead atoms. The van der Waals surface area contributed by atoms with Crippen molar-refractivity contribution in [3.8, 4) is 0 Å². The van der Waals surface area contributed by atoms with E-state index in [4.69, 9.17) is 23.2 Å². The van der Waals surface area contributed by atoms with Crippen LogP contribution in [0.25, 0.3) is 0 Å². The summed E-state index contributed by atoms with van der Waals surface area (Å²) in [6.07, 6.45) is 4.42. The van der Waals surface area contributed by atoms with Crippen molar-refractivity contribution in [3.63, 3.8) is 0 Å². The van der Waals surface area contributed by atoms with Crippen LogP contribution in [-0.4, -0.2) is 28.2 Å². The molecule has 0 spiro atoms. The lowest BCUT2D eigenvalue weighted by atomic mass is 10.0. The quantitative estimate of drug-likeness (QED) is 0.814. The van der Waals surface area contributed by atoms with Gasteiger partial charge in [-0.1, -0.05) is 30.7 Å². The standard InChI is InChI=1S/C18H24Cl2N2O/c1-17(13-18(17,19)20)16(23)21-11-14-7-3-4-8-15(14)12-22-9-5-2-6-10-22/h3-4,7-8H,2,5-6,9-13H2,1H3,(H,21,23). The number of carbonyl (C=O) groups is 1. The van der Waals surface area contributed by atoms with Gasteiger partial charge in [0.25, 0.3) is 0 Å². The molecule has 1 aliphatic carbocycles. The van der Waals surface area contributed by atoms with Crippen LogP contribution in [0.3, 0.4) is 0 Å². The van der Waals surface area contributed by atoms with Crippen molar-refractivity contribution < 1.29 is 4.79 Å². The number of amides is 1. The third kappa shape index (κ3) is 3.67. The first-order valence-corrected chi connectivity index (χ1v) is 9.13. The fourth-order valence-electron chi connectivity index (χ4n) is 3.26. The lowest BCUT2D eigenvalue weighted by Crippen LogP contribution is -2.33. The van der Waals surface area contributed by atoms with Crippen molar-refractivity contribution in [2.24, 2.45) is 5.41 Å². The van der Waals surface area contributed by atoms with Gasteiger partial charge in [-0.05, 0) is 50.4 Å². The van der Waals surface area contributed by atoms with Crippen molar-refractivity contribution in [2.75, 3.05) is 13.1 Å². The number of benzene rings is 1. The SMILES string of the molecule is CC1(C(=O)NCc2ccccc2CN2CCCCC2)CC1(Cl)Cl. The van der Waals surface area contributed by atoms with E-state index in [0.29, 0.717) is 13.0 Å². The Kier molecular flexibility index (Phi) is 4.91. The van der Waals surface area contributed by atoms with E-state index < -0.39 is 9.75 Å². The molecule has 3 rings (SSSR count). The number of nitrogens with one attached hydrogen (secondary N) is 1. The van der Waals surface area contributed by atoms with Crippen LogP contribution in [0.5, 0.6) is 0 Å². The molecule has 1 saturated carbocycles. The highest BCUT2D eigenvalue weighted by molar-refractivity contribution is 6.53. The molecule has 1 atom stereocenters. The van der Waals surface area contributed by atoms with Gasteiger partial charge in [-0.15, -0.1) is 23.2 Å². The highest BCUT2D eigenvalue weighted by Gasteiger charge is 2.67. The third-order valence-electron chi connectivity index (χ3n) is 5.16. The molecule has 1 aromatic carbocycles. The van der Waals surface area contributed by atoms with E-state index in [2.05, 4.69) is 28.4 Å². The Bertz CT molecular complexity index is 584. The first-order chi connectivity index (χ1) is 10.9. The molecule has 5 heteroatoms. The zero-order valence-corrected chi connectivity index (χ0v) is 15.1. The Balaban J connectivity index is 1.61. The molecule has 2 fully saturated rings. The maximum atomic E-state index is 12.3. The van der Waals surface area contributed by atoms with E-state index >= 15 is 0 Å². The highest BCUT2D eigenvalue weighted by atomic mass is 35.5. The first-order valence-electron chi connectivity index (χ1n) is 8.38. The number of likely N-dealkylation sites (tertiary alicyclic amines) is 1. The summed E-state index contributed by atoms with van der Waals surface area (Å²) >= 11 is 12.2. The van der Waals surface area contributed by atoms with Gasteiger partial charge in [0.1, 0.15) is 4.33 Å². The Labute approximate surface area is 148 Å². The van der Waals surface area contributed by atoms with Crippen LogP contribution in [0.1, 0.15) is 43.7 Å². The van der Waals surface area contributed by atoms with Gasteiger partial charge in [-0.3, -0.25) is 9.69 Å². The second-order valence-electron chi connectivity index (χ2n) is 7.00. The smallest absolute Gasteiger partial charge is 0.229 e. The Morgan fingerprint density at radius 3 is 2.39 bits per heavy atom. The van der Waals surface area contributed by atoms with E-state index in [1.54, 1.807) is 0 Å². The minimum Gasteiger partial charge on any atom is -0.351 e. The summed E-state index contributed by atoms with van der Waals surface area (Å²) in [6.45, 7) is 5.64. The fraction of sp³-hybridized carbons (Fsp3) is 0.611. The van der Waals surface area contributed by atoms with Crippen molar-refractivity contribution in [2.45, 2.75) is 50.0 Å². The first kappa shape index (κ1) is 17.1. The van der Waals surface area contributed by atoms with Crippen LogP contribution in [0, 0.1) is 5.41 Å². The molecule has 3 nitrogen and oxygen atoms in total. The van der Waals surface area contributed by atoms with Gasteiger partial charge in [0.05, 0.1) is 5.41 Å². The van der Waals surface area contributed by atoms with Crippen molar-refractivity contribution in [1.82, 2.24) is 10.2 Å². The van der Waals surface area contributed by atoms with E-state index in [9.17, 15) is 4.79 Å². The van der Waals surface area contributed by atoms with Crippen LogP contribution in [-0.2, 0) is 17.9 Å². The summed E-state index contributed by atoms with van der Waals surface area (Å²) in [5, 5.41) is 3.01. The Morgan fingerprint density at radius 1 is 1.17 bits per heavy atom. The molecule has 23 heavy (non-hydrogen) atoms. The number of alkyl halides is 2. The maximum Gasteiger partial charge on any atom is 0.229 e. The van der Waals surface area contributed by atoms with Crippen LogP contribution in [0.4, 0.5) is 0 Å². The van der Waals surface area contributed by atoms with Gasteiger partial charge >= 0.3 is 0 Å². The highest BCUT2D eigenvalue weighted by Crippen LogP contribution is 2.63. The molecule has 2 aliphatic rings. The van der Waals surface area contributed by atoms with E-state index in [0.717, 1.165) is 6.54 Å². The molecular formula is C18H24Cl2N2O. The molecule has 126 valence electrons. The van der Waals surface area contributed by atoms with E-state index in [-0.39, 0.29) is 5.91 Å². The summed E-state index contributed by atoms with van der Waals surface area (Å²) in [6, 6.07) is 8.33. The second-order valence-corrected chi connectivity index (χ2v) is 8.49. The van der Waals surface area contributed by atoms with Crippen molar-refractivity contribution in [3.05, 3.63) is 35.4 Å². The molecule has 1 N–H and O–H groups in total. The van der Waals surface area contributed by atoms with E-state index in [1.807, 2.05) is 13.0 Å². The molecule has 1 aliphatic heterocycles.